The van der Waals surface area contributed by atoms with Gasteiger partial charge >= 0.3 is 0 Å². The van der Waals surface area contributed by atoms with Crippen LogP contribution in [0, 0.1) is 28.0 Å². The number of ether oxygens (including phenoxy) is 1. The van der Waals surface area contributed by atoms with Crippen LogP contribution in [0.1, 0.15) is 27.7 Å². The van der Waals surface area contributed by atoms with Gasteiger partial charge < -0.3 is 4.74 Å². The van der Waals surface area contributed by atoms with E-state index >= 15 is 0 Å². The van der Waals surface area contributed by atoms with E-state index in [2.05, 4.69) is 39.8 Å². The maximum atomic E-state index is 13.6. The van der Waals surface area contributed by atoms with Crippen LogP contribution in [0.15, 0.2) is 42.5 Å². The van der Waals surface area contributed by atoms with Gasteiger partial charge in [0.1, 0.15) is 17.6 Å². The number of hydrogen-bond donors (Lipinski definition) is 0. The van der Waals surface area contributed by atoms with Gasteiger partial charge in [0.15, 0.2) is 13.3 Å². The third-order valence-corrected chi connectivity index (χ3v) is 6.25. The van der Waals surface area contributed by atoms with Crippen molar-refractivity contribution < 1.29 is 9.13 Å². The van der Waals surface area contributed by atoms with E-state index in [9.17, 15) is 4.39 Å². The van der Waals surface area contributed by atoms with Crippen molar-refractivity contribution in [1.82, 2.24) is 0 Å². The Morgan fingerprint density at radius 2 is 1.69 bits per heavy atom. The molecule has 0 aromatic heterocycles. The first-order valence-electron chi connectivity index (χ1n) is 9.13. The summed E-state index contributed by atoms with van der Waals surface area (Å²) in [4.78, 5) is 0. The predicted molar refractivity (Wildman–Crippen MR) is 106 cm³/mol. The smallest absolute Gasteiger partial charge is 0.181 e. The lowest BCUT2D eigenvalue weighted by Gasteiger charge is -2.35. The largest absolute Gasteiger partial charge is 0.479 e. The van der Waals surface area contributed by atoms with Gasteiger partial charge in [-0.25, -0.2) is 4.39 Å². The molecule has 2 nitrogen and oxygen atoms in total. The second-order valence-corrected chi connectivity index (χ2v) is 8.58. The fourth-order valence-corrected chi connectivity index (χ4v) is 4.03. The minimum Gasteiger partial charge on any atom is -0.479 e. The molecular weight excluding hydrogens is 324 g/mol. The van der Waals surface area contributed by atoms with E-state index in [0.717, 1.165) is 35.0 Å². The molecule has 0 N–H and O–H groups in total. The average molecular weight is 349 g/mol. The molecule has 3 rings (SSSR count). The summed E-state index contributed by atoms with van der Waals surface area (Å²) in [7, 11) is 0. The molecule has 1 fully saturated rings. The molecule has 134 valence electrons. The summed E-state index contributed by atoms with van der Waals surface area (Å²) in [6.45, 7) is 9.70. The van der Waals surface area contributed by atoms with Gasteiger partial charge in [-0.05, 0) is 45.6 Å². The first kappa shape index (κ1) is 18.5. The summed E-state index contributed by atoms with van der Waals surface area (Å²) in [6.07, 6.45) is 2.17. The summed E-state index contributed by atoms with van der Waals surface area (Å²) in [6, 6.07) is 14.7. The summed E-state index contributed by atoms with van der Waals surface area (Å²) < 4.78 is 19.4. The molecule has 0 bridgehead atoms. The molecule has 0 amide bonds. The quantitative estimate of drug-likeness (QED) is 0.714. The maximum absolute atomic E-state index is 13.6. The monoisotopic (exact) mass is 349 g/mol. The molecule has 0 atom stereocenters. The van der Waals surface area contributed by atoms with Crippen molar-refractivity contribution in [2.24, 2.45) is 10.8 Å². The summed E-state index contributed by atoms with van der Waals surface area (Å²) in [5.41, 5.74) is 3.35. The molecule has 1 saturated heterocycles. The van der Waals surface area contributed by atoms with E-state index in [1.807, 2.05) is 18.2 Å². The number of hydrogen-bond acceptors (Lipinski definition) is 2. The number of rotatable bonds is 4. The van der Waals surface area contributed by atoms with Crippen LogP contribution in [0.3, 0.4) is 0 Å². The van der Waals surface area contributed by atoms with Crippen LogP contribution in [0.2, 0.25) is 12.6 Å². The first-order chi connectivity index (χ1) is 12.2. The van der Waals surface area contributed by atoms with Gasteiger partial charge in [-0.15, -0.1) is 0 Å². The van der Waals surface area contributed by atoms with E-state index in [-0.39, 0.29) is 23.3 Å². The minimum atomic E-state index is -0.259. The van der Waals surface area contributed by atoms with Crippen LogP contribution in [0.4, 0.5) is 4.39 Å². The third-order valence-electron chi connectivity index (χ3n) is 6.25. The number of halogens is 1. The van der Waals surface area contributed by atoms with Gasteiger partial charge in [-0.1, -0.05) is 64.6 Å². The van der Waals surface area contributed by atoms with E-state index in [1.165, 1.54) is 12.1 Å². The zero-order chi connectivity index (χ0) is 18.9. The van der Waals surface area contributed by atoms with Crippen LogP contribution in [-0.4, -0.2) is 13.3 Å². The van der Waals surface area contributed by atoms with Gasteiger partial charge in [0.2, 0.25) is 0 Å². The fraction of sp³-hybridized carbons (Fsp3) is 0.409. The second kappa shape index (κ2) is 6.80. The average Bonchev–Trinajstić information content (AvgIpc) is 2.80. The fourth-order valence-electron chi connectivity index (χ4n) is 4.03. The molecular formula is C22H25BFNO. The lowest BCUT2D eigenvalue weighted by Crippen LogP contribution is -2.29. The van der Waals surface area contributed by atoms with Crippen molar-refractivity contribution >= 4 is 12.2 Å². The third kappa shape index (κ3) is 3.49. The lowest BCUT2D eigenvalue weighted by molar-refractivity contribution is 0.177. The summed E-state index contributed by atoms with van der Waals surface area (Å²) >= 11 is 0. The Kier molecular flexibility index (Phi) is 4.84. The highest BCUT2D eigenvalue weighted by Gasteiger charge is 2.48. The molecule has 0 unspecified atom stereocenters. The van der Waals surface area contributed by atoms with Crippen molar-refractivity contribution in [2.75, 3.05) is 6.61 Å². The predicted octanol–water partition coefficient (Wildman–Crippen LogP) is 5.16. The van der Waals surface area contributed by atoms with Gasteiger partial charge in [-0.3, -0.25) is 0 Å². The van der Waals surface area contributed by atoms with E-state index < -0.39 is 0 Å². The molecule has 0 saturated carbocycles. The Balaban J connectivity index is 2.00. The highest BCUT2D eigenvalue weighted by molar-refractivity contribution is 6.75. The van der Waals surface area contributed by atoms with Crippen LogP contribution in [0.25, 0.3) is 11.1 Å². The van der Waals surface area contributed by atoms with Crippen molar-refractivity contribution in [3.8, 4) is 22.9 Å². The molecule has 0 spiro atoms. The molecule has 0 radical (unpaired) electrons. The Labute approximate surface area is 156 Å². The first-order valence-corrected chi connectivity index (χ1v) is 9.13. The zero-order valence-electron chi connectivity index (χ0n) is 16.0. The van der Waals surface area contributed by atoms with Gasteiger partial charge in [0, 0.05) is 0 Å². The Hall–Kier alpha value is -2.28. The van der Waals surface area contributed by atoms with Crippen LogP contribution < -0.4 is 10.2 Å². The SMILES string of the molecule is CC1(C)CB(c2ccc(-c3cccc(F)c3)cc2OCC#N)CC1(C)C. The van der Waals surface area contributed by atoms with Crippen molar-refractivity contribution in [3.63, 3.8) is 0 Å². The van der Waals surface area contributed by atoms with Crippen LogP contribution in [0.5, 0.6) is 5.75 Å². The summed E-state index contributed by atoms with van der Waals surface area (Å²) in [5, 5.41) is 8.95. The van der Waals surface area contributed by atoms with Crippen molar-refractivity contribution in [2.45, 2.75) is 40.3 Å². The standard InChI is InChI=1S/C22H25BFNO/c1-21(2)14-23(15-22(21,3)4)19-9-8-17(13-20(19)26-11-10-25)16-6-5-7-18(24)12-16/h5-9,12-13H,11,14-15H2,1-4H3. The van der Waals surface area contributed by atoms with E-state index in [0.29, 0.717) is 6.71 Å². The van der Waals surface area contributed by atoms with Crippen LogP contribution in [-0.2, 0) is 0 Å². The van der Waals surface area contributed by atoms with E-state index in [1.54, 1.807) is 6.07 Å². The minimum absolute atomic E-state index is 0.0130. The molecule has 26 heavy (non-hydrogen) atoms. The second-order valence-electron chi connectivity index (χ2n) is 8.58. The molecule has 1 aliphatic heterocycles. The maximum Gasteiger partial charge on any atom is 0.181 e. The number of benzene rings is 2. The molecule has 2 aromatic rings. The Morgan fingerprint density at radius 3 is 2.31 bits per heavy atom. The van der Waals surface area contributed by atoms with Gasteiger partial charge in [0.25, 0.3) is 0 Å². The number of nitrogens with zero attached hydrogens (tertiary/aromatic N) is 1. The van der Waals surface area contributed by atoms with Gasteiger partial charge in [0.05, 0.1) is 0 Å². The van der Waals surface area contributed by atoms with Crippen molar-refractivity contribution in [3.05, 3.63) is 48.3 Å². The lowest BCUT2D eigenvalue weighted by atomic mass is 9.42. The Morgan fingerprint density at radius 1 is 1.04 bits per heavy atom. The molecule has 0 aliphatic carbocycles. The zero-order valence-corrected chi connectivity index (χ0v) is 16.0. The highest BCUT2D eigenvalue weighted by Crippen LogP contribution is 2.53. The molecule has 4 heteroatoms. The van der Waals surface area contributed by atoms with Gasteiger partial charge in [-0.2, -0.15) is 5.26 Å². The normalized spacial score (nSPS) is 17.8. The van der Waals surface area contributed by atoms with Crippen LogP contribution >= 0.6 is 0 Å². The molecule has 2 aromatic carbocycles. The van der Waals surface area contributed by atoms with Crippen molar-refractivity contribution in [1.29, 1.82) is 5.26 Å². The topological polar surface area (TPSA) is 33.0 Å². The van der Waals surface area contributed by atoms with E-state index in [4.69, 9.17) is 10.00 Å². The Bertz CT molecular complexity index is 837. The summed E-state index contributed by atoms with van der Waals surface area (Å²) in [5.74, 6) is 0.483. The number of nitriles is 1. The highest BCUT2D eigenvalue weighted by atomic mass is 19.1. The molecule has 1 aliphatic rings. The molecule has 1 heterocycles.